The molecule has 158 valence electrons. The molecule has 9 heteroatoms. The lowest BCUT2D eigenvalue weighted by atomic mass is 9.90. The van der Waals surface area contributed by atoms with Crippen LogP contribution < -0.4 is 5.32 Å². The minimum absolute atomic E-state index is 0.330. The zero-order valence-electron chi connectivity index (χ0n) is 17.2. The molecule has 4 aromatic heterocycles. The van der Waals surface area contributed by atoms with Gasteiger partial charge in [-0.05, 0) is 49.8 Å². The molecular weight excluding hydrogens is 392 g/mol. The van der Waals surface area contributed by atoms with Crippen molar-refractivity contribution >= 4 is 28.5 Å². The van der Waals surface area contributed by atoms with Gasteiger partial charge in [-0.25, -0.2) is 14.5 Å². The highest BCUT2D eigenvalue weighted by atomic mass is 16.2. The second-order valence-corrected chi connectivity index (χ2v) is 8.48. The fraction of sp³-hybridized carbons (Fsp3) is 0.409. The number of pyridine rings is 1. The fourth-order valence-corrected chi connectivity index (χ4v) is 4.97. The highest BCUT2D eigenvalue weighted by molar-refractivity contribution is 5.93. The summed E-state index contributed by atoms with van der Waals surface area (Å²) in [7, 11) is 0. The summed E-state index contributed by atoms with van der Waals surface area (Å²) in [6.07, 6.45) is 13.2. The lowest BCUT2D eigenvalue weighted by Crippen LogP contribution is -2.41. The number of aromatic nitrogens is 6. The van der Waals surface area contributed by atoms with E-state index in [0.29, 0.717) is 23.9 Å². The number of H-pyrrole nitrogens is 1. The first-order valence-corrected chi connectivity index (χ1v) is 10.9. The molecule has 1 aliphatic heterocycles. The van der Waals surface area contributed by atoms with Crippen LogP contribution in [0.25, 0.3) is 27.8 Å². The van der Waals surface area contributed by atoms with E-state index < -0.39 is 0 Å². The van der Waals surface area contributed by atoms with E-state index in [0.717, 1.165) is 72.9 Å². The number of nitrogens with one attached hydrogen (secondary N) is 2. The number of carbonyl (C=O) groups is 1. The molecule has 2 fully saturated rings. The van der Waals surface area contributed by atoms with Gasteiger partial charge in [0.25, 0.3) is 0 Å². The molecule has 0 atom stereocenters. The van der Waals surface area contributed by atoms with Crippen LogP contribution in [0.3, 0.4) is 0 Å². The normalized spacial score (nSPS) is 21.9. The van der Waals surface area contributed by atoms with Gasteiger partial charge in [-0.1, -0.05) is 0 Å². The summed E-state index contributed by atoms with van der Waals surface area (Å²) < 4.78 is 1.74. The predicted molar refractivity (Wildman–Crippen MR) is 116 cm³/mol. The number of likely N-dealkylation sites (tertiary alicyclic amines) is 1. The molecule has 0 spiro atoms. The molecule has 2 aliphatic rings. The summed E-state index contributed by atoms with van der Waals surface area (Å²) in [6, 6.07) is 4.77. The molecule has 1 saturated carbocycles. The molecule has 1 aliphatic carbocycles. The Kier molecular flexibility index (Phi) is 4.33. The summed E-state index contributed by atoms with van der Waals surface area (Å²) in [6.45, 7) is 0.931. The van der Waals surface area contributed by atoms with Crippen LogP contribution in [0.1, 0.15) is 38.5 Å². The first-order valence-electron chi connectivity index (χ1n) is 10.9. The van der Waals surface area contributed by atoms with E-state index in [9.17, 15) is 4.79 Å². The summed E-state index contributed by atoms with van der Waals surface area (Å²) in [5.41, 5.74) is 3.70. The maximum atomic E-state index is 12.0. The number of hydrogen-bond acceptors (Lipinski definition) is 6. The van der Waals surface area contributed by atoms with E-state index in [-0.39, 0.29) is 0 Å². The van der Waals surface area contributed by atoms with Crippen LogP contribution in [0.4, 0.5) is 5.95 Å². The van der Waals surface area contributed by atoms with E-state index in [2.05, 4.69) is 30.3 Å². The highest BCUT2D eigenvalue weighted by Gasteiger charge is 2.31. The van der Waals surface area contributed by atoms with Crippen molar-refractivity contribution in [2.75, 3.05) is 11.9 Å². The predicted octanol–water partition coefficient (Wildman–Crippen LogP) is 3.01. The van der Waals surface area contributed by atoms with Crippen LogP contribution in [-0.4, -0.2) is 59.0 Å². The number of fused-ring (bicyclic) bond motifs is 2. The average Bonchev–Trinajstić information content (AvgIpc) is 3.53. The monoisotopic (exact) mass is 416 g/mol. The average molecular weight is 416 g/mol. The SMILES string of the molecule is O=C1CCCN1C1CCC(Nc2ncc3c(-c4ccn5ncnc5c4)c[nH]c3n2)CC1. The zero-order chi connectivity index (χ0) is 20.8. The van der Waals surface area contributed by atoms with Crippen LogP contribution in [0.5, 0.6) is 0 Å². The molecule has 6 rings (SSSR count). The summed E-state index contributed by atoms with van der Waals surface area (Å²) >= 11 is 0. The molecule has 0 unspecified atom stereocenters. The molecular formula is C22H24N8O. The van der Waals surface area contributed by atoms with E-state index in [4.69, 9.17) is 4.98 Å². The van der Waals surface area contributed by atoms with Crippen molar-refractivity contribution in [2.45, 2.75) is 50.6 Å². The van der Waals surface area contributed by atoms with Gasteiger partial charge in [-0.15, -0.1) is 0 Å². The molecule has 31 heavy (non-hydrogen) atoms. The van der Waals surface area contributed by atoms with E-state index in [1.165, 1.54) is 0 Å². The number of carbonyl (C=O) groups excluding carboxylic acids is 1. The molecule has 0 aromatic carbocycles. The van der Waals surface area contributed by atoms with E-state index >= 15 is 0 Å². The molecule has 9 nitrogen and oxygen atoms in total. The van der Waals surface area contributed by atoms with Gasteiger partial charge in [-0.3, -0.25) is 4.79 Å². The van der Waals surface area contributed by atoms with E-state index in [1.807, 2.05) is 30.7 Å². The first kappa shape index (κ1) is 18.3. The van der Waals surface area contributed by atoms with Crippen molar-refractivity contribution in [2.24, 2.45) is 0 Å². The highest BCUT2D eigenvalue weighted by Crippen LogP contribution is 2.30. The van der Waals surface area contributed by atoms with Crippen molar-refractivity contribution < 1.29 is 4.79 Å². The third-order valence-corrected chi connectivity index (χ3v) is 6.60. The van der Waals surface area contributed by atoms with Crippen molar-refractivity contribution in [1.29, 1.82) is 0 Å². The molecule has 0 radical (unpaired) electrons. The Hall–Kier alpha value is -3.49. The van der Waals surface area contributed by atoms with Gasteiger partial charge >= 0.3 is 0 Å². The number of rotatable bonds is 4. The first-order chi connectivity index (χ1) is 15.2. The van der Waals surface area contributed by atoms with Crippen LogP contribution in [0, 0.1) is 0 Å². The minimum Gasteiger partial charge on any atom is -0.351 e. The largest absolute Gasteiger partial charge is 0.351 e. The molecule has 5 heterocycles. The van der Waals surface area contributed by atoms with Gasteiger partial charge in [0.1, 0.15) is 12.0 Å². The third-order valence-electron chi connectivity index (χ3n) is 6.60. The number of aromatic amines is 1. The topological polar surface area (TPSA) is 104 Å². The zero-order valence-corrected chi connectivity index (χ0v) is 17.2. The Morgan fingerprint density at radius 2 is 2.06 bits per heavy atom. The summed E-state index contributed by atoms with van der Waals surface area (Å²) in [5, 5.41) is 8.62. The smallest absolute Gasteiger partial charge is 0.224 e. The Bertz CT molecular complexity index is 1250. The second kappa shape index (κ2) is 7.33. The Morgan fingerprint density at radius 3 is 2.90 bits per heavy atom. The van der Waals surface area contributed by atoms with Crippen molar-refractivity contribution in [3.8, 4) is 11.1 Å². The Morgan fingerprint density at radius 1 is 1.16 bits per heavy atom. The quantitative estimate of drug-likeness (QED) is 0.530. The van der Waals surface area contributed by atoms with Crippen LogP contribution >= 0.6 is 0 Å². The summed E-state index contributed by atoms with van der Waals surface area (Å²) in [4.78, 5) is 30.9. The fourth-order valence-electron chi connectivity index (χ4n) is 4.97. The maximum Gasteiger partial charge on any atom is 0.224 e. The Balaban J connectivity index is 1.16. The second-order valence-electron chi connectivity index (χ2n) is 8.48. The third kappa shape index (κ3) is 3.30. The van der Waals surface area contributed by atoms with Crippen molar-refractivity contribution in [1.82, 2.24) is 34.4 Å². The maximum absolute atomic E-state index is 12.0. The number of anilines is 1. The van der Waals surface area contributed by atoms with Crippen molar-refractivity contribution in [3.63, 3.8) is 0 Å². The number of amides is 1. The van der Waals surface area contributed by atoms with Gasteiger partial charge < -0.3 is 15.2 Å². The molecule has 1 amide bonds. The minimum atomic E-state index is 0.330. The van der Waals surface area contributed by atoms with Crippen LogP contribution in [-0.2, 0) is 4.79 Å². The standard InChI is InChI=1S/C22H24N8O/c31-20-2-1-8-29(20)16-5-3-15(4-6-16)27-22-24-12-18-17(11-23-21(18)28-22)14-7-9-30-19(10-14)25-13-26-30/h7,9-13,15-16H,1-6,8H2,(H2,23,24,27,28). The van der Waals surface area contributed by atoms with E-state index in [1.54, 1.807) is 10.8 Å². The number of hydrogen-bond donors (Lipinski definition) is 2. The molecule has 2 N–H and O–H groups in total. The van der Waals surface area contributed by atoms with Gasteiger partial charge in [0, 0.05) is 54.6 Å². The van der Waals surface area contributed by atoms with Gasteiger partial charge in [0.15, 0.2) is 5.65 Å². The van der Waals surface area contributed by atoms with Gasteiger partial charge in [0.2, 0.25) is 11.9 Å². The van der Waals surface area contributed by atoms with Crippen molar-refractivity contribution in [3.05, 3.63) is 37.1 Å². The Labute approximate surface area is 178 Å². The van der Waals surface area contributed by atoms with Gasteiger partial charge in [-0.2, -0.15) is 10.1 Å². The lowest BCUT2D eigenvalue weighted by Gasteiger charge is -2.34. The molecule has 0 bridgehead atoms. The summed E-state index contributed by atoms with van der Waals surface area (Å²) in [5.74, 6) is 0.977. The van der Waals surface area contributed by atoms with Gasteiger partial charge in [0.05, 0.1) is 0 Å². The van der Waals surface area contributed by atoms with Crippen LogP contribution in [0.15, 0.2) is 37.1 Å². The number of nitrogens with zero attached hydrogens (tertiary/aromatic N) is 6. The van der Waals surface area contributed by atoms with Crippen LogP contribution in [0.2, 0.25) is 0 Å². The lowest BCUT2D eigenvalue weighted by molar-refractivity contribution is -0.130. The molecule has 4 aromatic rings. The molecule has 1 saturated heterocycles.